The molecule has 48 heavy (non-hydrogen) atoms. The molecular weight excluding hydrogens is 655 g/mol. The van der Waals surface area contributed by atoms with Gasteiger partial charge >= 0.3 is 17.9 Å². The molecule has 1 heterocycles. The first-order valence-electron chi connectivity index (χ1n) is 15.6. The Morgan fingerprint density at radius 3 is 2.17 bits per heavy atom. The maximum absolute atomic E-state index is 13.0. The van der Waals surface area contributed by atoms with Gasteiger partial charge in [0.15, 0.2) is 11.5 Å². The number of nitrogen functional groups attached to an aromatic ring is 1. The highest BCUT2D eigenvalue weighted by atomic mass is 33.1. The molecule has 0 aliphatic carbocycles. The number of esters is 3. The number of anilines is 1. The Morgan fingerprint density at radius 1 is 1.02 bits per heavy atom. The van der Waals surface area contributed by atoms with Gasteiger partial charge in [-0.3, -0.25) is 19.2 Å². The Morgan fingerprint density at radius 2 is 1.62 bits per heavy atom. The molecule has 0 aliphatic rings. The number of hydrogen-bond acceptors (Lipinski definition) is 13. The number of nitrogens with zero attached hydrogens (tertiary/aromatic N) is 3. The topological polar surface area (TPSA) is 177 Å². The first-order chi connectivity index (χ1) is 22.2. The molecule has 0 saturated heterocycles. The number of rotatable bonds is 15. The van der Waals surface area contributed by atoms with Gasteiger partial charge in [0.05, 0.1) is 24.0 Å². The van der Waals surface area contributed by atoms with Gasteiger partial charge in [0.2, 0.25) is 6.41 Å². The third-order valence-electron chi connectivity index (χ3n) is 6.63. The van der Waals surface area contributed by atoms with E-state index in [1.807, 2.05) is 6.92 Å². The number of ether oxygens (including phenoxy) is 3. The van der Waals surface area contributed by atoms with E-state index >= 15 is 0 Å². The number of benzene rings is 1. The van der Waals surface area contributed by atoms with E-state index in [1.54, 1.807) is 71.5 Å². The highest BCUT2D eigenvalue weighted by Gasteiger charge is 2.29. The van der Waals surface area contributed by atoms with E-state index in [1.165, 1.54) is 27.8 Å². The van der Waals surface area contributed by atoms with E-state index in [9.17, 15) is 19.2 Å². The number of aryl methyl sites for hydroxylation is 1. The van der Waals surface area contributed by atoms with Crippen LogP contribution < -0.4 is 20.9 Å². The lowest BCUT2D eigenvalue weighted by atomic mass is 9.97. The molecule has 12 nitrogen and oxygen atoms in total. The Hall–Kier alpha value is -3.62. The van der Waals surface area contributed by atoms with Crippen molar-refractivity contribution in [3.8, 4) is 11.5 Å². The third kappa shape index (κ3) is 12.8. The van der Waals surface area contributed by atoms with Gasteiger partial charge < -0.3 is 30.6 Å². The van der Waals surface area contributed by atoms with Gasteiger partial charge in [-0.15, -0.1) is 0 Å². The minimum Gasteiger partial charge on any atom is -0.464 e. The van der Waals surface area contributed by atoms with Crippen molar-refractivity contribution in [3.05, 3.63) is 51.9 Å². The van der Waals surface area contributed by atoms with Gasteiger partial charge in [-0.25, -0.2) is 9.97 Å². The molecule has 0 spiro atoms. The summed E-state index contributed by atoms with van der Waals surface area (Å²) in [6, 6.07) is 3.67. The summed E-state index contributed by atoms with van der Waals surface area (Å²) in [5, 5.41) is 0.301. The fourth-order valence-corrected chi connectivity index (χ4v) is 5.94. The molecule has 1 unspecified atom stereocenters. The lowest BCUT2D eigenvalue weighted by Gasteiger charge is -2.23. The molecule has 0 radical (unpaired) electrons. The minimum absolute atomic E-state index is 0.0312. The molecule has 1 amide bonds. The second-order valence-electron chi connectivity index (χ2n) is 13.6. The second kappa shape index (κ2) is 17.7. The summed E-state index contributed by atoms with van der Waals surface area (Å²) in [5.74, 6) is -0.670. The highest BCUT2D eigenvalue weighted by molar-refractivity contribution is 8.78. The number of allylic oxidation sites excluding steroid dienone is 1. The van der Waals surface area contributed by atoms with E-state index in [-0.39, 0.29) is 31.1 Å². The van der Waals surface area contributed by atoms with Crippen molar-refractivity contribution in [1.82, 2.24) is 14.9 Å². The summed E-state index contributed by atoms with van der Waals surface area (Å²) in [5.41, 5.74) is 12.6. The molecule has 1 aromatic heterocycles. The normalized spacial score (nSPS) is 13.0. The van der Waals surface area contributed by atoms with Gasteiger partial charge in [-0.2, -0.15) is 0 Å². The fourth-order valence-electron chi connectivity index (χ4n) is 3.69. The zero-order chi connectivity index (χ0) is 36.4. The Labute approximate surface area is 291 Å². The van der Waals surface area contributed by atoms with Crippen LogP contribution in [-0.2, 0) is 36.9 Å². The number of hydrogen-bond donors (Lipinski definition) is 2. The minimum atomic E-state index is -1.03. The van der Waals surface area contributed by atoms with Crippen LogP contribution in [0.25, 0.3) is 0 Å². The van der Waals surface area contributed by atoms with Gasteiger partial charge in [-0.1, -0.05) is 41.5 Å². The number of carbonyl (C=O) groups is 4. The van der Waals surface area contributed by atoms with Crippen molar-refractivity contribution in [1.29, 1.82) is 0 Å². The van der Waals surface area contributed by atoms with Crippen LogP contribution in [0.2, 0.25) is 0 Å². The van der Waals surface area contributed by atoms with Crippen molar-refractivity contribution < 1.29 is 33.4 Å². The van der Waals surface area contributed by atoms with Crippen LogP contribution >= 0.6 is 21.6 Å². The number of amides is 1. The monoisotopic (exact) mass is 703 g/mol. The molecule has 0 fully saturated rings. The van der Waals surface area contributed by atoms with Crippen LogP contribution in [-0.4, -0.2) is 57.1 Å². The number of aromatic nitrogens is 2. The van der Waals surface area contributed by atoms with Crippen molar-refractivity contribution in [2.45, 2.75) is 99.9 Å². The van der Waals surface area contributed by atoms with Crippen molar-refractivity contribution in [3.63, 3.8) is 0 Å². The quantitative estimate of drug-likeness (QED) is 0.0992. The van der Waals surface area contributed by atoms with E-state index in [0.717, 1.165) is 11.3 Å². The molecule has 1 atom stereocenters. The first kappa shape index (κ1) is 40.6. The van der Waals surface area contributed by atoms with E-state index in [4.69, 9.17) is 25.7 Å². The summed E-state index contributed by atoms with van der Waals surface area (Å²) in [6.45, 7) is 18.2. The van der Waals surface area contributed by atoms with Gasteiger partial charge in [0.25, 0.3) is 0 Å². The maximum Gasteiger partial charge on any atom is 0.323 e. The van der Waals surface area contributed by atoms with Crippen LogP contribution in [0.1, 0.15) is 85.7 Å². The molecule has 2 rings (SSSR count). The van der Waals surface area contributed by atoms with Crippen LogP contribution in [0.3, 0.4) is 0 Å². The SMILES string of the molecule is CC(=C(CCOC(=O)C(N)Cc1ccc(OC(=O)C(C)(C)C)c(OC(=O)C(C)(C)C)c1)SSC(C)C)N(C=O)Cc1cnc(C)nc1N. The lowest BCUT2D eigenvalue weighted by Crippen LogP contribution is -2.34. The van der Waals surface area contributed by atoms with Crippen LogP contribution in [0, 0.1) is 17.8 Å². The third-order valence-corrected chi connectivity index (χ3v) is 9.86. The van der Waals surface area contributed by atoms with Gasteiger partial charge in [-0.05, 0) is 79.5 Å². The Kier molecular flexibility index (Phi) is 14.9. The summed E-state index contributed by atoms with van der Waals surface area (Å²) in [6.07, 6.45) is 2.74. The van der Waals surface area contributed by atoms with Crippen LogP contribution in [0.15, 0.2) is 35.0 Å². The van der Waals surface area contributed by atoms with E-state index in [2.05, 4.69) is 23.8 Å². The molecule has 0 bridgehead atoms. The molecule has 14 heteroatoms. The highest BCUT2D eigenvalue weighted by Crippen LogP contribution is 2.38. The van der Waals surface area contributed by atoms with Gasteiger partial charge in [0.1, 0.15) is 17.7 Å². The van der Waals surface area contributed by atoms with Crippen molar-refractivity contribution in [2.75, 3.05) is 12.3 Å². The Balaban J connectivity index is 2.18. The zero-order valence-corrected chi connectivity index (χ0v) is 31.2. The van der Waals surface area contributed by atoms with Crippen molar-refractivity contribution >= 4 is 51.7 Å². The predicted molar refractivity (Wildman–Crippen MR) is 190 cm³/mol. The van der Waals surface area contributed by atoms with Crippen LogP contribution in [0.5, 0.6) is 11.5 Å². The summed E-state index contributed by atoms with van der Waals surface area (Å²) < 4.78 is 16.7. The average Bonchev–Trinajstić information content (AvgIpc) is 2.98. The Bertz CT molecular complexity index is 1500. The predicted octanol–water partition coefficient (Wildman–Crippen LogP) is 5.75. The van der Waals surface area contributed by atoms with E-state index < -0.39 is 34.8 Å². The second-order valence-corrected chi connectivity index (χ2v) is 16.5. The fraction of sp³-hybridized carbons (Fsp3) is 0.529. The zero-order valence-electron chi connectivity index (χ0n) is 29.5. The first-order valence-corrected chi connectivity index (χ1v) is 17.8. The summed E-state index contributed by atoms with van der Waals surface area (Å²) in [7, 11) is 3.13. The molecule has 0 aliphatic heterocycles. The number of nitrogens with two attached hydrogens (primary N) is 2. The molecular formula is C34H49N5O7S2. The lowest BCUT2D eigenvalue weighted by molar-refractivity contribution is -0.145. The molecule has 1 aromatic carbocycles. The van der Waals surface area contributed by atoms with Crippen molar-refractivity contribution in [2.24, 2.45) is 16.6 Å². The summed E-state index contributed by atoms with van der Waals surface area (Å²) in [4.78, 5) is 61.1. The average molecular weight is 704 g/mol. The van der Waals surface area contributed by atoms with Gasteiger partial charge in [0, 0.05) is 34.0 Å². The summed E-state index contributed by atoms with van der Waals surface area (Å²) >= 11 is 0. The molecule has 0 saturated carbocycles. The molecule has 2 aromatic rings. The standard InChI is InChI=1S/C34H49N5O7S2/c1-20(2)47-48-28(21(3)39(19-40)18-24-17-37-22(4)38-29(24)36)13-14-44-30(41)25(35)15-23-11-12-26(45-31(42)33(5,6)7)27(16-23)46-32(43)34(8,9)10/h11-12,16-17,19-20,25H,13-15,18,35H2,1-10H3,(H2,36,37,38). The van der Waals surface area contributed by atoms with Crippen LogP contribution in [0.4, 0.5) is 5.82 Å². The smallest absolute Gasteiger partial charge is 0.323 e. The largest absolute Gasteiger partial charge is 0.464 e. The maximum atomic E-state index is 13.0. The van der Waals surface area contributed by atoms with E-state index in [0.29, 0.717) is 40.1 Å². The molecule has 4 N–H and O–H groups in total. The number of carbonyl (C=O) groups excluding carboxylic acids is 4. The molecule has 264 valence electrons.